The number of thiophene rings is 1. The quantitative estimate of drug-likeness (QED) is 0.623. The Morgan fingerprint density at radius 1 is 1.19 bits per heavy atom. The van der Waals surface area contributed by atoms with E-state index in [1.165, 1.54) is 25.2 Å². The highest BCUT2D eigenvalue weighted by atomic mass is 32.1. The molecule has 0 aliphatic carbocycles. The molecular weight excluding hydrogens is 440 g/mol. The Morgan fingerprint density at radius 3 is 2.69 bits per heavy atom. The number of hydrogen-bond acceptors (Lipinski definition) is 6. The van der Waals surface area contributed by atoms with Gasteiger partial charge in [0.05, 0.1) is 25.6 Å². The van der Waals surface area contributed by atoms with E-state index < -0.39 is 12.5 Å². The van der Waals surface area contributed by atoms with Crippen LogP contribution in [-0.2, 0) is 4.79 Å². The molecule has 3 aromatic rings. The van der Waals surface area contributed by atoms with Crippen molar-refractivity contribution in [2.45, 2.75) is 25.3 Å². The summed E-state index contributed by atoms with van der Waals surface area (Å²) < 4.78 is 38.9. The monoisotopic (exact) mass is 459 g/mol. The number of hydrogen-bond donors (Lipinski definition) is 1. The molecule has 1 aromatic carbocycles. The Morgan fingerprint density at radius 2 is 1.97 bits per heavy atom. The first-order valence-electron chi connectivity index (χ1n) is 10.0. The first-order chi connectivity index (χ1) is 15.4. The molecule has 2 aliphatic heterocycles. The van der Waals surface area contributed by atoms with Crippen LogP contribution < -0.4 is 14.8 Å². The topological polar surface area (TPSA) is 80.8 Å². The number of carbonyl (C=O) groups excluding carboxylic acids is 2. The minimum atomic E-state index is -2.83. The van der Waals surface area contributed by atoms with Gasteiger partial charge in [-0.25, -0.2) is 13.8 Å². The number of benzene rings is 1. The Bertz CT molecular complexity index is 1260. The zero-order chi connectivity index (χ0) is 22.6. The minimum absolute atomic E-state index is 0.118. The van der Waals surface area contributed by atoms with Gasteiger partial charge in [0.15, 0.2) is 11.5 Å². The van der Waals surface area contributed by atoms with Gasteiger partial charge in [0.1, 0.15) is 15.7 Å². The first-order valence-corrected chi connectivity index (χ1v) is 10.8. The number of aromatic nitrogens is 1. The number of pyridine rings is 1. The van der Waals surface area contributed by atoms with Crippen molar-refractivity contribution < 1.29 is 27.8 Å². The third-order valence-electron chi connectivity index (χ3n) is 5.87. The van der Waals surface area contributed by atoms with E-state index in [1.54, 1.807) is 18.2 Å². The molecule has 10 heteroatoms. The second kappa shape index (κ2) is 7.70. The number of nitrogens with one attached hydrogen (secondary N) is 1. The molecule has 2 aromatic heterocycles. The maximum absolute atomic E-state index is 14.2. The van der Waals surface area contributed by atoms with E-state index in [0.29, 0.717) is 35.7 Å². The molecular formula is C22H19F2N3O4S. The number of halogens is 2. The van der Waals surface area contributed by atoms with Gasteiger partial charge in [0.2, 0.25) is 5.91 Å². The van der Waals surface area contributed by atoms with Crippen molar-refractivity contribution in [3.8, 4) is 22.8 Å². The Balaban J connectivity index is 1.71. The largest absolute Gasteiger partial charge is 0.493 e. The number of carbonyl (C=O) groups is 2. The number of amides is 2. The second-order valence-corrected chi connectivity index (χ2v) is 8.60. The molecule has 0 saturated carbocycles. The smallest absolute Gasteiger partial charge is 0.266 e. The van der Waals surface area contributed by atoms with Crippen LogP contribution in [0.1, 0.15) is 34.5 Å². The lowest BCUT2D eigenvalue weighted by Crippen LogP contribution is -2.40. The summed E-state index contributed by atoms with van der Waals surface area (Å²) in [5.41, 5.74) is 0.719. The molecule has 0 unspecified atom stereocenters. The number of alkyl halides is 2. The van der Waals surface area contributed by atoms with Crippen LogP contribution in [0.25, 0.3) is 21.5 Å². The second-order valence-electron chi connectivity index (χ2n) is 7.60. The molecule has 1 fully saturated rings. The molecule has 2 aliphatic rings. The van der Waals surface area contributed by atoms with Crippen LogP contribution in [-0.4, -0.2) is 48.5 Å². The van der Waals surface area contributed by atoms with Crippen LogP contribution in [0.5, 0.6) is 11.5 Å². The number of nitrogens with zero attached hydrogens (tertiary/aromatic N) is 2. The van der Waals surface area contributed by atoms with Crippen molar-refractivity contribution in [3.63, 3.8) is 0 Å². The van der Waals surface area contributed by atoms with Gasteiger partial charge in [-0.2, -0.15) is 0 Å². The third kappa shape index (κ3) is 3.09. The summed E-state index contributed by atoms with van der Waals surface area (Å²) in [6.45, 7) is 0.469. The van der Waals surface area contributed by atoms with E-state index in [9.17, 15) is 18.4 Å². The van der Waals surface area contributed by atoms with Gasteiger partial charge in [-0.15, -0.1) is 11.3 Å². The Kier molecular flexibility index (Phi) is 4.96. The zero-order valence-corrected chi connectivity index (χ0v) is 18.1. The molecule has 1 saturated heterocycles. The summed E-state index contributed by atoms with van der Waals surface area (Å²) in [5.74, 6) is 0.271. The molecule has 4 heterocycles. The number of ether oxygens (including phenoxy) is 2. The van der Waals surface area contributed by atoms with Crippen LogP contribution >= 0.6 is 11.3 Å². The van der Waals surface area contributed by atoms with Crippen molar-refractivity contribution in [3.05, 3.63) is 34.7 Å². The van der Waals surface area contributed by atoms with E-state index in [2.05, 4.69) is 10.3 Å². The van der Waals surface area contributed by atoms with E-state index in [4.69, 9.17) is 9.47 Å². The minimum Gasteiger partial charge on any atom is -0.493 e. The molecule has 0 radical (unpaired) electrons. The summed E-state index contributed by atoms with van der Waals surface area (Å²) in [6, 6.07) is 5.76. The van der Waals surface area contributed by atoms with E-state index in [-0.39, 0.29) is 38.2 Å². The van der Waals surface area contributed by atoms with Crippen LogP contribution in [0.15, 0.2) is 24.3 Å². The SMILES string of the molecule is COc1ccc(-c2cc(C(F)F)c3c4c(sc3n2)C(=O)N2CCC[C@@H]2C(=O)N4)cc1OC. The first kappa shape index (κ1) is 20.6. The van der Waals surface area contributed by atoms with Gasteiger partial charge in [-0.05, 0) is 37.1 Å². The molecule has 1 N–H and O–H groups in total. The van der Waals surface area contributed by atoms with Gasteiger partial charge in [0.25, 0.3) is 12.3 Å². The summed E-state index contributed by atoms with van der Waals surface area (Å²) >= 11 is 1.02. The van der Waals surface area contributed by atoms with Crippen molar-refractivity contribution in [1.82, 2.24) is 9.88 Å². The molecule has 0 bridgehead atoms. The maximum Gasteiger partial charge on any atom is 0.266 e. The fourth-order valence-corrected chi connectivity index (χ4v) is 5.45. The maximum atomic E-state index is 14.2. The van der Waals surface area contributed by atoms with E-state index in [0.717, 1.165) is 17.8 Å². The van der Waals surface area contributed by atoms with Crippen LogP contribution in [0, 0.1) is 0 Å². The van der Waals surface area contributed by atoms with Crippen molar-refractivity contribution in [2.24, 2.45) is 0 Å². The lowest BCUT2D eigenvalue weighted by atomic mass is 10.1. The normalized spacial score (nSPS) is 17.9. The lowest BCUT2D eigenvalue weighted by Gasteiger charge is -2.19. The average molecular weight is 459 g/mol. The summed E-state index contributed by atoms with van der Waals surface area (Å²) in [6.07, 6.45) is -1.53. The summed E-state index contributed by atoms with van der Waals surface area (Å²) in [7, 11) is 2.99. The number of rotatable bonds is 4. The van der Waals surface area contributed by atoms with Crippen LogP contribution in [0.2, 0.25) is 0 Å². The Labute approximate surface area is 185 Å². The number of anilines is 1. The van der Waals surface area contributed by atoms with Crippen molar-refractivity contribution >= 4 is 39.1 Å². The standard InChI is InChI=1S/C22H19F2N3O4S/c1-30-14-6-5-10(8-15(14)31-2)12-9-11(19(23)24)16-17-18(32-21(16)25-12)22(29)27-7-3-4-13(27)20(28)26-17/h5-6,8-9,13,19H,3-4,7H2,1-2H3,(H,26,28)/t13-/m1/s1. The predicted octanol–water partition coefficient (Wildman–Crippen LogP) is 4.47. The molecule has 7 nitrogen and oxygen atoms in total. The highest BCUT2D eigenvalue weighted by molar-refractivity contribution is 7.21. The molecule has 1 atom stereocenters. The fourth-order valence-electron chi connectivity index (χ4n) is 4.33. The lowest BCUT2D eigenvalue weighted by molar-refractivity contribution is -0.119. The zero-order valence-electron chi connectivity index (χ0n) is 17.3. The third-order valence-corrected chi connectivity index (χ3v) is 6.94. The van der Waals surface area contributed by atoms with Gasteiger partial charge >= 0.3 is 0 Å². The van der Waals surface area contributed by atoms with Crippen molar-refractivity contribution in [2.75, 3.05) is 26.1 Å². The number of fused-ring (bicyclic) bond motifs is 4. The summed E-state index contributed by atoms with van der Waals surface area (Å²) in [4.78, 5) is 32.4. The van der Waals surface area contributed by atoms with Crippen molar-refractivity contribution in [1.29, 1.82) is 0 Å². The Hall–Kier alpha value is -3.27. The molecule has 5 rings (SSSR count). The number of methoxy groups -OCH3 is 2. The highest BCUT2D eigenvalue weighted by Gasteiger charge is 2.41. The van der Waals surface area contributed by atoms with E-state index in [1.807, 2.05) is 0 Å². The van der Waals surface area contributed by atoms with Crippen LogP contribution in [0.3, 0.4) is 0 Å². The average Bonchev–Trinajstić information content (AvgIpc) is 3.40. The van der Waals surface area contributed by atoms with Gasteiger partial charge in [-0.1, -0.05) is 0 Å². The summed E-state index contributed by atoms with van der Waals surface area (Å²) in [5, 5.41) is 2.85. The molecule has 166 valence electrons. The van der Waals surface area contributed by atoms with Gasteiger partial charge in [0, 0.05) is 23.1 Å². The van der Waals surface area contributed by atoms with Gasteiger partial charge in [-0.3, -0.25) is 9.59 Å². The van der Waals surface area contributed by atoms with Crippen LogP contribution in [0.4, 0.5) is 14.5 Å². The molecule has 0 spiro atoms. The molecule has 32 heavy (non-hydrogen) atoms. The predicted molar refractivity (Wildman–Crippen MR) is 116 cm³/mol. The molecule has 2 amide bonds. The highest BCUT2D eigenvalue weighted by Crippen LogP contribution is 2.45. The fraction of sp³-hybridized carbons (Fsp3) is 0.318. The van der Waals surface area contributed by atoms with Gasteiger partial charge < -0.3 is 19.7 Å². The van der Waals surface area contributed by atoms with E-state index >= 15 is 0 Å².